The van der Waals surface area contributed by atoms with E-state index in [1.165, 1.54) is 27.9 Å². The van der Waals surface area contributed by atoms with E-state index in [2.05, 4.69) is 52.0 Å². The Labute approximate surface area is 116 Å². The van der Waals surface area contributed by atoms with Gasteiger partial charge in [0.25, 0.3) is 0 Å². The fourth-order valence-electron chi connectivity index (χ4n) is 2.39. The first kappa shape index (κ1) is 13.7. The second kappa shape index (κ2) is 5.48. The minimum absolute atomic E-state index is 0.520. The quantitative estimate of drug-likeness (QED) is 0.720. The number of benzene rings is 1. The smallest absolute Gasteiger partial charge is 0.118 e. The fraction of sp³-hybridized carbons (Fsp3) is 0.333. The van der Waals surface area contributed by atoms with Crippen molar-refractivity contribution in [1.82, 2.24) is 0 Å². The van der Waals surface area contributed by atoms with E-state index in [1.807, 2.05) is 12.1 Å². The highest BCUT2D eigenvalue weighted by Gasteiger charge is 2.13. The van der Waals surface area contributed by atoms with Gasteiger partial charge in [-0.2, -0.15) is 0 Å². The number of hydrogen-bond acceptors (Lipinski definition) is 1. The molecule has 1 unspecified atom stereocenters. The van der Waals surface area contributed by atoms with Crippen LogP contribution in [-0.2, 0) is 0 Å². The molecule has 0 bridgehead atoms. The lowest BCUT2D eigenvalue weighted by atomic mass is 9.93. The summed E-state index contributed by atoms with van der Waals surface area (Å²) in [5, 5.41) is 0. The summed E-state index contributed by atoms with van der Waals surface area (Å²) in [5.74, 6) is 1.42. The van der Waals surface area contributed by atoms with Crippen LogP contribution < -0.4 is 4.74 Å². The molecule has 0 N–H and O–H groups in total. The van der Waals surface area contributed by atoms with Crippen LogP contribution in [0.2, 0.25) is 0 Å². The molecule has 2 rings (SSSR count). The molecule has 0 saturated heterocycles. The molecule has 0 aromatic heterocycles. The van der Waals surface area contributed by atoms with Crippen LogP contribution in [0, 0.1) is 5.92 Å². The lowest BCUT2D eigenvalue weighted by Gasteiger charge is -2.12. The van der Waals surface area contributed by atoms with Crippen molar-refractivity contribution >= 4 is 5.57 Å². The zero-order valence-electron chi connectivity index (χ0n) is 12.4. The van der Waals surface area contributed by atoms with Gasteiger partial charge in [-0.05, 0) is 50.0 Å². The lowest BCUT2D eigenvalue weighted by Crippen LogP contribution is -1.98. The molecule has 0 heterocycles. The van der Waals surface area contributed by atoms with Gasteiger partial charge in [0, 0.05) is 0 Å². The maximum absolute atomic E-state index is 5.21. The minimum Gasteiger partial charge on any atom is -0.497 e. The summed E-state index contributed by atoms with van der Waals surface area (Å²) in [6, 6.07) is 8.26. The molecule has 19 heavy (non-hydrogen) atoms. The molecule has 0 fully saturated rings. The van der Waals surface area contributed by atoms with Crippen LogP contribution in [0.1, 0.15) is 33.3 Å². The van der Waals surface area contributed by atoms with Gasteiger partial charge in [-0.15, -0.1) is 0 Å². The molecule has 0 amide bonds. The third-order valence-electron chi connectivity index (χ3n) is 4.13. The summed E-state index contributed by atoms with van der Waals surface area (Å²) >= 11 is 0. The summed E-state index contributed by atoms with van der Waals surface area (Å²) in [7, 11) is 1.70. The first-order chi connectivity index (χ1) is 9.02. The highest BCUT2D eigenvalue weighted by Crippen LogP contribution is 2.31. The van der Waals surface area contributed by atoms with Crippen molar-refractivity contribution in [3.63, 3.8) is 0 Å². The molecule has 1 aliphatic rings. The summed E-state index contributed by atoms with van der Waals surface area (Å²) in [6.45, 7) is 8.91. The molecular weight excluding hydrogens is 232 g/mol. The van der Waals surface area contributed by atoms with E-state index in [0.717, 1.165) is 5.75 Å². The van der Waals surface area contributed by atoms with E-state index in [9.17, 15) is 0 Å². The van der Waals surface area contributed by atoms with E-state index in [1.54, 1.807) is 7.11 Å². The van der Waals surface area contributed by atoms with Gasteiger partial charge in [0.2, 0.25) is 0 Å². The van der Waals surface area contributed by atoms with Gasteiger partial charge in [-0.3, -0.25) is 0 Å². The summed E-state index contributed by atoms with van der Waals surface area (Å²) in [6.07, 6.45) is 4.58. The number of rotatable bonds is 2. The summed E-state index contributed by atoms with van der Waals surface area (Å²) < 4.78 is 5.21. The molecule has 100 valence electrons. The monoisotopic (exact) mass is 254 g/mol. The number of methoxy groups -OCH3 is 1. The SMILES string of the molecule is COc1ccc(C2=CC(C)=C(C)C(C)C(C)=C2)cc1. The molecule has 0 aliphatic heterocycles. The maximum atomic E-state index is 5.21. The number of ether oxygens (including phenoxy) is 1. The van der Waals surface area contributed by atoms with Gasteiger partial charge in [0.15, 0.2) is 0 Å². The molecule has 1 nitrogen and oxygen atoms in total. The van der Waals surface area contributed by atoms with E-state index in [4.69, 9.17) is 4.74 Å². The first-order valence-corrected chi connectivity index (χ1v) is 6.74. The van der Waals surface area contributed by atoms with Crippen LogP contribution in [0.3, 0.4) is 0 Å². The van der Waals surface area contributed by atoms with Gasteiger partial charge >= 0.3 is 0 Å². The molecule has 1 atom stereocenters. The van der Waals surface area contributed by atoms with Crippen LogP contribution in [0.15, 0.2) is 53.1 Å². The van der Waals surface area contributed by atoms with Crippen molar-refractivity contribution in [3.05, 3.63) is 58.7 Å². The normalized spacial score (nSPS) is 19.7. The average Bonchev–Trinajstić information content (AvgIpc) is 2.52. The molecular formula is C18H22O. The number of hydrogen-bond donors (Lipinski definition) is 0. The van der Waals surface area contributed by atoms with Crippen molar-refractivity contribution in [2.24, 2.45) is 5.92 Å². The molecule has 0 spiro atoms. The summed E-state index contributed by atoms with van der Waals surface area (Å²) in [4.78, 5) is 0. The van der Waals surface area contributed by atoms with E-state index < -0.39 is 0 Å². The van der Waals surface area contributed by atoms with E-state index in [0.29, 0.717) is 5.92 Å². The van der Waals surface area contributed by atoms with Crippen molar-refractivity contribution in [2.45, 2.75) is 27.7 Å². The van der Waals surface area contributed by atoms with Crippen molar-refractivity contribution in [2.75, 3.05) is 7.11 Å². The molecule has 0 saturated carbocycles. The van der Waals surface area contributed by atoms with Crippen LogP contribution in [0.4, 0.5) is 0 Å². The third kappa shape index (κ3) is 2.81. The highest BCUT2D eigenvalue weighted by molar-refractivity contribution is 5.78. The third-order valence-corrected chi connectivity index (χ3v) is 4.13. The average molecular weight is 254 g/mol. The first-order valence-electron chi connectivity index (χ1n) is 6.74. The van der Waals surface area contributed by atoms with Crippen LogP contribution in [0.25, 0.3) is 5.57 Å². The maximum Gasteiger partial charge on any atom is 0.118 e. The Hall–Kier alpha value is -1.76. The second-order valence-electron chi connectivity index (χ2n) is 5.30. The topological polar surface area (TPSA) is 9.23 Å². The van der Waals surface area contributed by atoms with Crippen molar-refractivity contribution in [1.29, 1.82) is 0 Å². The Morgan fingerprint density at radius 3 is 2.16 bits per heavy atom. The molecule has 1 aromatic carbocycles. The van der Waals surface area contributed by atoms with E-state index in [-0.39, 0.29) is 0 Å². The van der Waals surface area contributed by atoms with Gasteiger partial charge < -0.3 is 4.74 Å². The highest BCUT2D eigenvalue weighted by atomic mass is 16.5. The Morgan fingerprint density at radius 1 is 0.947 bits per heavy atom. The standard InChI is InChI=1S/C18H22O/c1-12-10-17(11-13(2)15(4)14(12)3)16-6-8-18(19-5)9-7-16/h6-11,14H,1-5H3. The van der Waals surface area contributed by atoms with Gasteiger partial charge in [-0.1, -0.05) is 47.9 Å². The zero-order chi connectivity index (χ0) is 14.0. The Morgan fingerprint density at radius 2 is 1.58 bits per heavy atom. The molecule has 1 heteroatoms. The largest absolute Gasteiger partial charge is 0.497 e. The molecule has 0 radical (unpaired) electrons. The lowest BCUT2D eigenvalue weighted by molar-refractivity contribution is 0.415. The van der Waals surface area contributed by atoms with Crippen molar-refractivity contribution < 1.29 is 4.74 Å². The van der Waals surface area contributed by atoms with Gasteiger partial charge in [-0.25, -0.2) is 0 Å². The Bertz CT molecular complexity index is 556. The number of allylic oxidation sites excluding steroid dienone is 6. The Balaban J connectivity index is 2.46. The molecule has 1 aromatic rings. The predicted molar refractivity (Wildman–Crippen MR) is 82.3 cm³/mol. The minimum atomic E-state index is 0.520. The van der Waals surface area contributed by atoms with Crippen LogP contribution in [-0.4, -0.2) is 7.11 Å². The van der Waals surface area contributed by atoms with Gasteiger partial charge in [0.05, 0.1) is 7.11 Å². The second-order valence-corrected chi connectivity index (χ2v) is 5.30. The van der Waals surface area contributed by atoms with Crippen molar-refractivity contribution in [3.8, 4) is 5.75 Å². The predicted octanol–water partition coefficient (Wildman–Crippen LogP) is 5.01. The zero-order valence-corrected chi connectivity index (χ0v) is 12.4. The Kier molecular flexibility index (Phi) is 3.94. The van der Waals surface area contributed by atoms with E-state index >= 15 is 0 Å². The fourth-order valence-corrected chi connectivity index (χ4v) is 2.39. The molecule has 1 aliphatic carbocycles. The van der Waals surface area contributed by atoms with Crippen LogP contribution >= 0.6 is 0 Å². The van der Waals surface area contributed by atoms with Gasteiger partial charge in [0.1, 0.15) is 5.75 Å². The summed E-state index contributed by atoms with van der Waals surface area (Å²) in [5.41, 5.74) is 6.75. The van der Waals surface area contributed by atoms with Crippen LogP contribution in [0.5, 0.6) is 5.75 Å².